The summed E-state index contributed by atoms with van der Waals surface area (Å²) in [4.78, 5) is 9.42. The van der Waals surface area contributed by atoms with E-state index in [1.807, 2.05) is 17.9 Å². The Morgan fingerprint density at radius 2 is 2.19 bits per heavy atom. The second-order valence-electron chi connectivity index (χ2n) is 7.82. The van der Waals surface area contributed by atoms with Gasteiger partial charge in [0.25, 0.3) is 0 Å². The molecule has 0 unspecified atom stereocenters. The maximum Gasteiger partial charge on any atom is 0.229 e. The van der Waals surface area contributed by atoms with Gasteiger partial charge in [-0.1, -0.05) is 25.9 Å². The molecule has 1 aliphatic rings. The van der Waals surface area contributed by atoms with E-state index in [1.165, 1.54) is 24.9 Å². The largest absolute Gasteiger partial charge is 0.339 e. The zero-order valence-electron chi connectivity index (χ0n) is 16.7. The molecule has 26 heavy (non-hydrogen) atoms. The van der Waals surface area contributed by atoms with Crippen molar-refractivity contribution >= 4 is 0 Å². The highest BCUT2D eigenvalue weighted by atomic mass is 16.5. The summed E-state index contributed by atoms with van der Waals surface area (Å²) in [6.45, 7) is 10.4. The minimum atomic E-state index is 0.271. The van der Waals surface area contributed by atoms with Crippen LogP contribution in [0.5, 0.6) is 0 Å². The summed E-state index contributed by atoms with van der Waals surface area (Å²) in [5.41, 5.74) is 1.33. The molecular weight excluding hydrogens is 328 g/mol. The van der Waals surface area contributed by atoms with Crippen LogP contribution in [0.2, 0.25) is 0 Å². The van der Waals surface area contributed by atoms with Crippen LogP contribution in [0.4, 0.5) is 0 Å². The third kappa shape index (κ3) is 4.32. The molecule has 7 nitrogen and oxygen atoms in total. The van der Waals surface area contributed by atoms with E-state index < -0.39 is 0 Å². The van der Waals surface area contributed by atoms with Crippen LogP contribution in [-0.2, 0) is 13.6 Å². The van der Waals surface area contributed by atoms with Crippen molar-refractivity contribution in [3.63, 3.8) is 0 Å². The third-order valence-electron chi connectivity index (χ3n) is 5.27. The van der Waals surface area contributed by atoms with Crippen molar-refractivity contribution in [2.45, 2.75) is 52.1 Å². The molecular formula is C19H32N6O. The van der Waals surface area contributed by atoms with E-state index in [9.17, 15) is 0 Å². The number of likely N-dealkylation sites (tertiary alicyclic amines) is 1. The van der Waals surface area contributed by atoms with Crippen LogP contribution in [0.15, 0.2) is 16.9 Å². The van der Waals surface area contributed by atoms with Gasteiger partial charge in [-0.2, -0.15) is 10.1 Å². The maximum absolute atomic E-state index is 5.34. The predicted octanol–water partition coefficient (Wildman–Crippen LogP) is 2.83. The highest BCUT2D eigenvalue weighted by Crippen LogP contribution is 2.36. The Balaban J connectivity index is 1.68. The summed E-state index contributed by atoms with van der Waals surface area (Å²) >= 11 is 0. The highest BCUT2D eigenvalue weighted by molar-refractivity contribution is 5.13. The molecule has 1 aliphatic heterocycles. The number of hydrogen-bond donors (Lipinski definition) is 0. The Morgan fingerprint density at radius 1 is 1.38 bits per heavy atom. The highest BCUT2D eigenvalue weighted by Gasteiger charge is 2.33. The van der Waals surface area contributed by atoms with Gasteiger partial charge in [0.1, 0.15) is 0 Å². The molecule has 2 atom stereocenters. The normalized spacial score (nSPS) is 21.8. The Morgan fingerprint density at radius 3 is 2.81 bits per heavy atom. The number of hydrogen-bond acceptors (Lipinski definition) is 6. The van der Waals surface area contributed by atoms with Crippen molar-refractivity contribution in [3.8, 4) is 0 Å². The van der Waals surface area contributed by atoms with Gasteiger partial charge in [0.15, 0.2) is 5.82 Å². The summed E-state index contributed by atoms with van der Waals surface area (Å²) in [6, 6.07) is 0.432. The van der Waals surface area contributed by atoms with Gasteiger partial charge in [0, 0.05) is 37.3 Å². The molecule has 0 aromatic carbocycles. The van der Waals surface area contributed by atoms with Gasteiger partial charge in [-0.05, 0) is 38.9 Å². The molecule has 0 N–H and O–H groups in total. The van der Waals surface area contributed by atoms with Gasteiger partial charge in [-0.15, -0.1) is 0 Å². The van der Waals surface area contributed by atoms with Gasteiger partial charge < -0.3 is 4.52 Å². The molecule has 0 spiro atoms. The second-order valence-corrected chi connectivity index (χ2v) is 7.82. The van der Waals surface area contributed by atoms with E-state index in [0.717, 1.165) is 31.3 Å². The average Bonchev–Trinajstić information content (AvgIpc) is 3.23. The number of rotatable bonds is 7. The molecule has 2 aromatic heterocycles. The van der Waals surface area contributed by atoms with Crippen molar-refractivity contribution in [2.24, 2.45) is 13.0 Å². The Kier molecular flexibility index (Phi) is 6.09. The first-order chi connectivity index (χ1) is 12.5. The second kappa shape index (κ2) is 8.31. The van der Waals surface area contributed by atoms with Gasteiger partial charge in [0.05, 0.1) is 12.7 Å². The lowest BCUT2D eigenvalue weighted by molar-refractivity contribution is 0.0742. The Labute approximate surface area is 156 Å². The van der Waals surface area contributed by atoms with Crippen molar-refractivity contribution < 1.29 is 4.52 Å². The summed E-state index contributed by atoms with van der Waals surface area (Å²) < 4.78 is 7.25. The smallest absolute Gasteiger partial charge is 0.229 e. The molecule has 1 fully saturated rings. The van der Waals surface area contributed by atoms with Crippen LogP contribution in [0.1, 0.15) is 62.9 Å². The minimum Gasteiger partial charge on any atom is -0.339 e. The number of piperidine rings is 1. The summed E-state index contributed by atoms with van der Waals surface area (Å²) in [5.74, 6) is 2.34. The minimum absolute atomic E-state index is 0.271. The van der Waals surface area contributed by atoms with Crippen LogP contribution in [0, 0.1) is 5.92 Å². The van der Waals surface area contributed by atoms with Gasteiger partial charge >= 0.3 is 0 Å². The summed E-state index contributed by atoms with van der Waals surface area (Å²) in [7, 11) is 4.14. The molecule has 1 saturated heterocycles. The van der Waals surface area contributed by atoms with Crippen molar-refractivity contribution in [2.75, 3.05) is 26.7 Å². The number of aromatic nitrogens is 4. The zero-order chi connectivity index (χ0) is 18.7. The van der Waals surface area contributed by atoms with E-state index in [0.29, 0.717) is 12.0 Å². The number of aryl methyl sites for hydroxylation is 1. The molecule has 0 aliphatic carbocycles. The first-order valence-corrected chi connectivity index (χ1v) is 9.71. The summed E-state index contributed by atoms with van der Waals surface area (Å²) in [6.07, 6.45) is 6.69. The number of nitrogens with zero attached hydrogens (tertiary/aromatic N) is 6. The molecule has 0 bridgehead atoms. The quantitative estimate of drug-likeness (QED) is 0.756. The van der Waals surface area contributed by atoms with E-state index in [-0.39, 0.29) is 5.92 Å². The standard InChI is InChI=1S/C19H32N6O/c1-6-25-9-7-8-15(18(25)16-10-20-24(5)12-16)11-23(4)13-17-21-19(14(2)3)26-22-17/h10,12,14-15,18H,6-9,11,13H2,1-5H3/t15-,18+/m0/s1. The van der Waals surface area contributed by atoms with Crippen molar-refractivity contribution in [1.29, 1.82) is 0 Å². The van der Waals surface area contributed by atoms with Crippen molar-refractivity contribution in [1.82, 2.24) is 29.7 Å². The molecule has 0 radical (unpaired) electrons. The molecule has 7 heteroatoms. The molecule has 2 aromatic rings. The van der Waals surface area contributed by atoms with Gasteiger partial charge in [0.2, 0.25) is 5.89 Å². The van der Waals surface area contributed by atoms with E-state index in [2.05, 4.69) is 59.1 Å². The Bertz CT molecular complexity index is 694. The van der Waals surface area contributed by atoms with E-state index in [1.54, 1.807) is 0 Å². The van der Waals surface area contributed by atoms with Gasteiger partial charge in [-0.25, -0.2) is 0 Å². The first kappa shape index (κ1) is 19.0. The lowest BCUT2D eigenvalue weighted by atomic mass is 9.85. The lowest BCUT2D eigenvalue weighted by Gasteiger charge is -2.42. The molecule has 3 heterocycles. The predicted molar refractivity (Wildman–Crippen MR) is 101 cm³/mol. The van der Waals surface area contributed by atoms with Gasteiger partial charge in [-0.3, -0.25) is 14.5 Å². The monoisotopic (exact) mass is 360 g/mol. The van der Waals surface area contributed by atoms with Crippen LogP contribution in [0.3, 0.4) is 0 Å². The molecule has 3 rings (SSSR count). The van der Waals surface area contributed by atoms with E-state index in [4.69, 9.17) is 4.52 Å². The maximum atomic E-state index is 5.34. The van der Waals surface area contributed by atoms with Crippen LogP contribution < -0.4 is 0 Å². The van der Waals surface area contributed by atoms with E-state index >= 15 is 0 Å². The molecule has 0 saturated carbocycles. The fraction of sp³-hybridized carbons (Fsp3) is 0.737. The van der Waals surface area contributed by atoms with Crippen LogP contribution in [0.25, 0.3) is 0 Å². The Hall–Kier alpha value is -1.73. The lowest BCUT2D eigenvalue weighted by Crippen LogP contribution is -2.42. The van der Waals surface area contributed by atoms with Crippen LogP contribution >= 0.6 is 0 Å². The van der Waals surface area contributed by atoms with Crippen molar-refractivity contribution in [3.05, 3.63) is 29.7 Å². The average molecular weight is 361 g/mol. The fourth-order valence-electron chi connectivity index (χ4n) is 4.05. The third-order valence-corrected chi connectivity index (χ3v) is 5.27. The topological polar surface area (TPSA) is 63.2 Å². The van der Waals surface area contributed by atoms with Crippen LogP contribution in [-0.4, -0.2) is 56.4 Å². The summed E-state index contributed by atoms with van der Waals surface area (Å²) in [5, 5.41) is 8.54. The SMILES string of the molecule is CCN1CCC[C@@H](CN(C)Cc2noc(C(C)C)n2)[C@@H]1c1cnn(C)c1. The first-order valence-electron chi connectivity index (χ1n) is 9.71. The fourth-order valence-corrected chi connectivity index (χ4v) is 4.05. The molecule has 0 amide bonds. The molecule has 144 valence electrons. The zero-order valence-corrected chi connectivity index (χ0v) is 16.7.